The third kappa shape index (κ3) is 5.64. The fourth-order valence-corrected chi connectivity index (χ4v) is 2.27. The molecule has 25 heavy (non-hydrogen) atoms. The van der Waals surface area contributed by atoms with Gasteiger partial charge >= 0.3 is 0 Å². The van der Waals surface area contributed by atoms with E-state index in [2.05, 4.69) is 24.5 Å². The van der Waals surface area contributed by atoms with Gasteiger partial charge in [0.05, 0.1) is 0 Å². The van der Waals surface area contributed by atoms with E-state index in [1.54, 1.807) is 19.2 Å². The summed E-state index contributed by atoms with van der Waals surface area (Å²) in [6.45, 7) is 4.62. The number of amides is 2. The molecule has 0 aliphatic heterocycles. The number of hydrogen-bond acceptors (Lipinski definition) is 3. The van der Waals surface area contributed by atoms with Crippen molar-refractivity contribution in [3.63, 3.8) is 0 Å². The second-order valence-corrected chi connectivity index (χ2v) is 6.07. The van der Waals surface area contributed by atoms with Gasteiger partial charge in [-0.2, -0.15) is 0 Å². The van der Waals surface area contributed by atoms with Crippen molar-refractivity contribution in [2.24, 2.45) is 0 Å². The van der Waals surface area contributed by atoms with Crippen LogP contribution in [0.1, 0.15) is 41.3 Å². The molecule has 0 fully saturated rings. The standard InChI is InChI=1S/C20H24N2O3/c1-14(2)16-8-10-18(11-9-16)25-13-19(23)22-12-15-4-6-17(7-5-15)20(24)21-3/h4-11,14H,12-13H2,1-3H3,(H,21,24)(H,22,23). The quantitative estimate of drug-likeness (QED) is 0.814. The van der Waals surface area contributed by atoms with Crippen LogP contribution in [0, 0.1) is 0 Å². The van der Waals surface area contributed by atoms with Crippen molar-refractivity contribution < 1.29 is 14.3 Å². The lowest BCUT2D eigenvalue weighted by molar-refractivity contribution is -0.123. The highest BCUT2D eigenvalue weighted by molar-refractivity contribution is 5.93. The van der Waals surface area contributed by atoms with E-state index in [9.17, 15) is 9.59 Å². The van der Waals surface area contributed by atoms with Crippen LogP contribution in [0.4, 0.5) is 0 Å². The van der Waals surface area contributed by atoms with Gasteiger partial charge in [0.2, 0.25) is 0 Å². The monoisotopic (exact) mass is 340 g/mol. The topological polar surface area (TPSA) is 67.4 Å². The van der Waals surface area contributed by atoms with Crippen molar-refractivity contribution in [2.75, 3.05) is 13.7 Å². The highest BCUT2D eigenvalue weighted by Gasteiger charge is 2.06. The first-order valence-electron chi connectivity index (χ1n) is 8.30. The molecule has 5 nitrogen and oxygen atoms in total. The molecule has 0 aliphatic rings. The van der Waals surface area contributed by atoms with Gasteiger partial charge in [-0.05, 0) is 41.3 Å². The van der Waals surface area contributed by atoms with Crippen LogP contribution in [-0.4, -0.2) is 25.5 Å². The molecule has 0 saturated carbocycles. The molecule has 0 aliphatic carbocycles. The molecule has 0 atom stereocenters. The Labute approximate surface area is 148 Å². The SMILES string of the molecule is CNC(=O)c1ccc(CNC(=O)COc2ccc(C(C)C)cc2)cc1. The van der Waals surface area contributed by atoms with Gasteiger partial charge in [0.15, 0.2) is 6.61 Å². The van der Waals surface area contributed by atoms with Crippen molar-refractivity contribution >= 4 is 11.8 Å². The summed E-state index contributed by atoms with van der Waals surface area (Å²) in [5, 5.41) is 5.36. The maximum atomic E-state index is 11.9. The number of benzene rings is 2. The van der Waals surface area contributed by atoms with Crippen LogP contribution in [-0.2, 0) is 11.3 Å². The van der Waals surface area contributed by atoms with Gasteiger partial charge < -0.3 is 15.4 Å². The van der Waals surface area contributed by atoms with Crippen LogP contribution < -0.4 is 15.4 Å². The maximum Gasteiger partial charge on any atom is 0.258 e. The molecular formula is C20H24N2O3. The Hall–Kier alpha value is -2.82. The van der Waals surface area contributed by atoms with Crippen molar-refractivity contribution in [2.45, 2.75) is 26.3 Å². The number of carbonyl (C=O) groups excluding carboxylic acids is 2. The molecule has 2 N–H and O–H groups in total. The summed E-state index contributed by atoms with van der Waals surface area (Å²) < 4.78 is 5.49. The minimum absolute atomic E-state index is 0.0304. The highest BCUT2D eigenvalue weighted by Crippen LogP contribution is 2.18. The lowest BCUT2D eigenvalue weighted by Crippen LogP contribution is -2.28. The van der Waals surface area contributed by atoms with Gasteiger partial charge in [-0.1, -0.05) is 38.1 Å². The van der Waals surface area contributed by atoms with Gasteiger partial charge in [-0.25, -0.2) is 0 Å². The Morgan fingerprint density at radius 2 is 1.64 bits per heavy atom. The second kappa shape index (κ2) is 8.87. The predicted molar refractivity (Wildman–Crippen MR) is 97.7 cm³/mol. The molecule has 0 heterocycles. The van der Waals surface area contributed by atoms with Crippen molar-refractivity contribution in [3.8, 4) is 5.75 Å². The van der Waals surface area contributed by atoms with Gasteiger partial charge in [-0.3, -0.25) is 9.59 Å². The molecule has 0 radical (unpaired) electrons. The minimum Gasteiger partial charge on any atom is -0.484 e. The summed E-state index contributed by atoms with van der Waals surface area (Å²) in [6, 6.07) is 14.9. The predicted octanol–water partition coefficient (Wildman–Crippen LogP) is 2.86. The first-order chi connectivity index (χ1) is 12.0. The summed E-state index contributed by atoms with van der Waals surface area (Å²) in [7, 11) is 1.59. The summed E-state index contributed by atoms with van der Waals surface area (Å²) >= 11 is 0. The minimum atomic E-state index is -0.191. The average Bonchev–Trinajstić information content (AvgIpc) is 2.64. The molecule has 2 aromatic carbocycles. The lowest BCUT2D eigenvalue weighted by atomic mass is 10.0. The Bertz CT molecular complexity index is 707. The van der Waals surface area contributed by atoms with Crippen molar-refractivity contribution in [1.82, 2.24) is 10.6 Å². The smallest absolute Gasteiger partial charge is 0.258 e. The molecule has 0 aromatic heterocycles. The van der Waals surface area contributed by atoms with E-state index in [1.807, 2.05) is 36.4 Å². The van der Waals surface area contributed by atoms with Gasteiger partial charge in [0, 0.05) is 19.2 Å². The molecule has 2 aromatic rings. The number of rotatable bonds is 7. The van der Waals surface area contributed by atoms with E-state index >= 15 is 0 Å². The summed E-state index contributed by atoms with van der Waals surface area (Å²) in [6.07, 6.45) is 0. The van der Waals surface area contributed by atoms with E-state index in [0.29, 0.717) is 23.8 Å². The fraction of sp³-hybridized carbons (Fsp3) is 0.300. The zero-order valence-electron chi connectivity index (χ0n) is 14.8. The van der Waals surface area contributed by atoms with Crippen molar-refractivity contribution in [3.05, 3.63) is 65.2 Å². The Kier molecular flexibility index (Phi) is 6.57. The van der Waals surface area contributed by atoms with E-state index in [1.165, 1.54) is 5.56 Å². The van der Waals surface area contributed by atoms with Crippen molar-refractivity contribution in [1.29, 1.82) is 0 Å². The normalized spacial score (nSPS) is 10.4. The fourth-order valence-electron chi connectivity index (χ4n) is 2.27. The van der Waals surface area contributed by atoms with Crippen LogP contribution in [0.3, 0.4) is 0 Å². The number of hydrogen-bond donors (Lipinski definition) is 2. The van der Waals surface area contributed by atoms with E-state index in [4.69, 9.17) is 4.74 Å². The highest BCUT2D eigenvalue weighted by atomic mass is 16.5. The second-order valence-electron chi connectivity index (χ2n) is 6.07. The largest absolute Gasteiger partial charge is 0.484 e. The van der Waals surface area contributed by atoms with Crippen LogP contribution in [0.25, 0.3) is 0 Å². The lowest BCUT2D eigenvalue weighted by Gasteiger charge is -2.10. The molecule has 0 saturated heterocycles. The molecule has 132 valence electrons. The van der Waals surface area contributed by atoms with Crippen LogP contribution >= 0.6 is 0 Å². The Morgan fingerprint density at radius 3 is 2.20 bits per heavy atom. The zero-order valence-corrected chi connectivity index (χ0v) is 14.8. The molecule has 0 bridgehead atoms. The maximum absolute atomic E-state index is 11.9. The van der Waals surface area contributed by atoms with Crippen LogP contribution in [0.15, 0.2) is 48.5 Å². The molecular weight excluding hydrogens is 316 g/mol. The van der Waals surface area contributed by atoms with Crippen LogP contribution in [0.5, 0.6) is 5.75 Å². The molecule has 2 rings (SSSR count). The third-order valence-electron chi connectivity index (χ3n) is 3.85. The Morgan fingerprint density at radius 1 is 1.00 bits per heavy atom. The molecule has 0 unspecified atom stereocenters. The average molecular weight is 340 g/mol. The van der Waals surface area contributed by atoms with Gasteiger partial charge in [0.25, 0.3) is 11.8 Å². The zero-order chi connectivity index (χ0) is 18.2. The molecule has 5 heteroatoms. The first kappa shape index (κ1) is 18.5. The van der Waals surface area contributed by atoms with E-state index < -0.39 is 0 Å². The third-order valence-corrected chi connectivity index (χ3v) is 3.85. The number of ether oxygens (including phenoxy) is 1. The Balaban J connectivity index is 1.77. The first-order valence-corrected chi connectivity index (χ1v) is 8.30. The summed E-state index contributed by atoms with van der Waals surface area (Å²) in [4.78, 5) is 23.4. The number of nitrogens with one attached hydrogen (secondary N) is 2. The molecule has 2 amide bonds. The van der Waals surface area contributed by atoms with Gasteiger partial charge in [0.1, 0.15) is 5.75 Å². The summed E-state index contributed by atoms with van der Waals surface area (Å²) in [5.41, 5.74) is 2.74. The van der Waals surface area contributed by atoms with E-state index in [-0.39, 0.29) is 18.4 Å². The summed E-state index contributed by atoms with van der Waals surface area (Å²) in [5.74, 6) is 0.817. The molecule has 0 spiro atoms. The van der Waals surface area contributed by atoms with Gasteiger partial charge in [-0.15, -0.1) is 0 Å². The number of carbonyl (C=O) groups is 2. The van der Waals surface area contributed by atoms with Crippen LogP contribution in [0.2, 0.25) is 0 Å². The van der Waals surface area contributed by atoms with E-state index in [0.717, 1.165) is 5.56 Å².